The monoisotopic (exact) mass is 653 g/mol. The van der Waals surface area contributed by atoms with E-state index in [-0.39, 0.29) is 22.9 Å². The number of amides is 2. The first kappa shape index (κ1) is 35.8. The molecule has 0 atom stereocenters. The average molecular weight is 655 g/mol. The van der Waals surface area contributed by atoms with Crippen LogP contribution in [0.4, 0.5) is 0 Å². The van der Waals surface area contributed by atoms with Crippen molar-refractivity contribution in [2.24, 2.45) is 0 Å². The second-order valence-corrected chi connectivity index (χ2v) is 13.1. The highest BCUT2D eigenvalue weighted by Crippen LogP contribution is 2.16. The van der Waals surface area contributed by atoms with Crippen LogP contribution in [0.25, 0.3) is 0 Å². The Hall–Kier alpha value is -4.69. The van der Waals surface area contributed by atoms with Gasteiger partial charge in [-0.15, -0.1) is 0 Å². The van der Waals surface area contributed by atoms with Crippen molar-refractivity contribution in [1.29, 1.82) is 0 Å². The highest BCUT2D eigenvalue weighted by molar-refractivity contribution is 6.30. The highest BCUT2D eigenvalue weighted by atomic mass is 35.5. The zero-order valence-corrected chi connectivity index (χ0v) is 28.8. The lowest BCUT2D eigenvalue weighted by Crippen LogP contribution is -2.42. The van der Waals surface area contributed by atoms with Crippen LogP contribution in [0.1, 0.15) is 84.8 Å². The van der Waals surface area contributed by atoms with Gasteiger partial charge in [-0.05, 0) is 96.1 Å². The van der Waals surface area contributed by atoms with Crippen molar-refractivity contribution in [3.8, 4) is 23.7 Å². The molecule has 0 radical (unpaired) electrons. The van der Waals surface area contributed by atoms with Gasteiger partial charge in [-0.25, -0.2) is 15.0 Å². The Morgan fingerprint density at radius 2 is 1.07 bits per heavy atom. The molecule has 0 aliphatic rings. The van der Waals surface area contributed by atoms with Crippen LogP contribution in [-0.2, 0) is 0 Å². The van der Waals surface area contributed by atoms with Gasteiger partial charge in [-0.3, -0.25) is 9.59 Å². The van der Waals surface area contributed by atoms with Crippen LogP contribution in [0.5, 0.6) is 0 Å². The van der Waals surface area contributed by atoms with Gasteiger partial charge >= 0.3 is 0 Å². The molecule has 0 unspecified atom stereocenters. The summed E-state index contributed by atoms with van der Waals surface area (Å²) in [7, 11) is 3.54. The first-order valence-electron chi connectivity index (χ1n) is 14.4. The van der Waals surface area contributed by atoms with Crippen LogP contribution in [0.2, 0.25) is 10.2 Å². The molecule has 1 aromatic carbocycles. The van der Waals surface area contributed by atoms with Crippen molar-refractivity contribution in [2.45, 2.75) is 52.6 Å². The summed E-state index contributed by atoms with van der Waals surface area (Å²) in [5.74, 6) is 11.8. The van der Waals surface area contributed by atoms with E-state index < -0.39 is 0 Å². The van der Waals surface area contributed by atoms with Crippen LogP contribution >= 0.6 is 23.2 Å². The molecule has 0 aliphatic carbocycles. The SMILES string of the molecule is CN(C(=O)c1ccc(C#Cc2cccc(Cl)c2)cn1)C(C)(C)C.CN(C(=O)c1ccc(C#Cc2ccnc(Cl)c2)cn1)C(C)(C)C. The minimum Gasteiger partial charge on any atom is -0.336 e. The van der Waals surface area contributed by atoms with Crippen molar-refractivity contribution in [3.63, 3.8) is 0 Å². The van der Waals surface area contributed by atoms with Crippen LogP contribution in [0.15, 0.2) is 79.3 Å². The molecule has 0 bridgehead atoms. The van der Waals surface area contributed by atoms with E-state index >= 15 is 0 Å². The summed E-state index contributed by atoms with van der Waals surface area (Å²) < 4.78 is 0. The topological polar surface area (TPSA) is 79.3 Å². The third kappa shape index (κ3) is 10.7. The van der Waals surface area contributed by atoms with Gasteiger partial charge < -0.3 is 9.80 Å². The maximum Gasteiger partial charge on any atom is 0.272 e. The predicted octanol–water partition coefficient (Wildman–Crippen LogP) is 7.41. The first-order valence-corrected chi connectivity index (χ1v) is 15.2. The molecule has 0 fully saturated rings. The van der Waals surface area contributed by atoms with Crippen molar-refractivity contribution in [3.05, 3.63) is 123 Å². The minimum atomic E-state index is -0.252. The smallest absolute Gasteiger partial charge is 0.272 e. The predicted molar refractivity (Wildman–Crippen MR) is 185 cm³/mol. The lowest BCUT2D eigenvalue weighted by atomic mass is 10.1. The molecule has 0 saturated carbocycles. The molecule has 7 nitrogen and oxygen atoms in total. The molecule has 9 heteroatoms. The van der Waals surface area contributed by atoms with E-state index in [1.54, 1.807) is 91.0 Å². The molecule has 4 aromatic rings. The Kier molecular flexibility index (Phi) is 12.1. The van der Waals surface area contributed by atoms with Crippen molar-refractivity contribution >= 4 is 35.0 Å². The maximum absolute atomic E-state index is 12.3. The van der Waals surface area contributed by atoms with Gasteiger partial charge in [0.15, 0.2) is 0 Å². The summed E-state index contributed by atoms with van der Waals surface area (Å²) in [6.07, 6.45) is 4.81. The molecule has 46 heavy (non-hydrogen) atoms. The normalized spacial score (nSPS) is 10.7. The number of carbonyl (C=O) groups is 2. The summed E-state index contributed by atoms with van der Waals surface area (Å²) in [5, 5.41) is 1.06. The van der Waals surface area contributed by atoms with Crippen molar-refractivity contribution in [1.82, 2.24) is 24.8 Å². The van der Waals surface area contributed by atoms with E-state index in [0.717, 1.165) is 22.3 Å². The minimum absolute atomic E-state index is 0.105. The number of benzene rings is 1. The number of carbonyl (C=O) groups excluding carboxylic acids is 2. The number of aromatic nitrogens is 3. The van der Waals surface area contributed by atoms with Gasteiger partial charge in [0, 0.05) is 71.0 Å². The number of rotatable bonds is 2. The van der Waals surface area contributed by atoms with Crippen LogP contribution < -0.4 is 0 Å². The fraction of sp³-hybridized carbons (Fsp3) is 0.270. The van der Waals surface area contributed by atoms with Gasteiger partial charge in [0.25, 0.3) is 11.8 Å². The quantitative estimate of drug-likeness (QED) is 0.166. The lowest BCUT2D eigenvalue weighted by molar-refractivity contribution is 0.0640. The molecule has 0 saturated heterocycles. The molecule has 0 N–H and O–H groups in total. The molecular formula is C37H37Cl2N5O2. The maximum atomic E-state index is 12.3. The van der Waals surface area contributed by atoms with Crippen molar-refractivity contribution in [2.75, 3.05) is 14.1 Å². The van der Waals surface area contributed by atoms with E-state index in [1.165, 1.54) is 0 Å². The molecule has 2 amide bonds. The number of hydrogen-bond donors (Lipinski definition) is 0. The van der Waals surface area contributed by atoms with Gasteiger partial charge in [0.1, 0.15) is 16.5 Å². The standard InChI is InChI=1S/C19H19ClN2O.C18H18ClN3O/c1-19(2,3)22(4)18(23)17-11-10-15(13-21-17)9-8-14-6-5-7-16(20)12-14;1-18(2,3)22(4)17(23)15-8-7-14(12-21-15)6-5-13-9-10-20-16(19)11-13/h5-7,10-13H,1-4H3;7-12H,1-4H3. The largest absolute Gasteiger partial charge is 0.336 e. The third-order valence-electron chi connectivity index (χ3n) is 6.84. The van der Waals surface area contributed by atoms with E-state index in [9.17, 15) is 9.59 Å². The first-order chi connectivity index (χ1) is 21.5. The zero-order valence-electron chi connectivity index (χ0n) is 27.3. The number of halogens is 2. The lowest BCUT2D eigenvalue weighted by Gasteiger charge is -2.31. The summed E-state index contributed by atoms with van der Waals surface area (Å²) in [6, 6.07) is 17.8. The Balaban J connectivity index is 0.000000250. The number of hydrogen-bond acceptors (Lipinski definition) is 5. The van der Waals surface area contributed by atoms with Gasteiger partial charge in [0.05, 0.1) is 0 Å². The van der Waals surface area contributed by atoms with Gasteiger partial charge in [-0.1, -0.05) is 52.9 Å². The highest BCUT2D eigenvalue weighted by Gasteiger charge is 2.25. The number of pyridine rings is 3. The van der Waals surface area contributed by atoms with Crippen LogP contribution in [0.3, 0.4) is 0 Å². The summed E-state index contributed by atoms with van der Waals surface area (Å²) in [5.41, 5.74) is 3.41. The van der Waals surface area contributed by atoms with Gasteiger partial charge in [-0.2, -0.15) is 0 Å². The van der Waals surface area contributed by atoms with E-state index in [4.69, 9.17) is 23.2 Å². The fourth-order valence-corrected chi connectivity index (χ4v) is 3.84. The molecular weight excluding hydrogens is 617 g/mol. The van der Waals surface area contributed by atoms with Crippen molar-refractivity contribution < 1.29 is 9.59 Å². The molecule has 3 aromatic heterocycles. The Labute approximate surface area is 282 Å². The average Bonchev–Trinajstić information content (AvgIpc) is 3.01. The van der Waals surface area contributed by atoms with E-state index in [0.29, 0.717) is 21.6 Å². The summed E-state index contributed by atoms with van der Waals surface area (Å²) >= 11 is 11.7. The summed E-state index contributed by atoms with van der Waals surface area (Å²) in [6.45, 7) is 11.9. The zero-order chi connectivity index (χ0) is 34.1. The molecule has 0 spiro atoms. The molecule has 236 valence electrons. The van der Waals surface area contributed by atoms with Crippen LogP contribution in [-0.4, -0.2) is 61.7 Å². The van der Waals surface area contributed by atoms with Gasteiger partial charge in [0.2, 0.25) is 0 Å². The summed E-state index contributed by atoms with van der Waals surface area (Å²) in [4.78, 5) is 40.3. The fourth-order valence-electron chi connectivity index (χ4n) is 3.48. The molecule has 0 aliphatic heterocycles. The van der Waals surface area contributed by atoms with E-state index in [2.05, 4.69) is 38.6 Å². The second kappa shape index (κ2) is 15.5. The third-order valence-corrected chi connectivity index (χ3v) is 7.28. The molecule has 4 rings (SSSR count). The Morgan fingerprint density at radius 1 is 0.609 bits per heavy atom. The molecule has 3 heterocycles. The Bertz CT molecular complexity index is 1670. The Morgan fingerprint density at radius 3 is 1.46 bits per heavy atom. The number of nitrogens with zero attached hydrogens (tertiary/aromatic N) is 5. The second-order valence-electron chi connectivity index (χ2n) is 12.3. The van der Waals surface area contributed by atoms with E-state index in [1.807, 2.05) is 53.7 Å². The van der Waals surface area contributed by atoms with Crippen LogP contribution in [0, 0.1) is 23.7 Å².